The third-order valence-corrected chi connectivity index (χ3v) is 4.13. The number of carbonyl (C=O) groups is 1. The van der Waals surface area contributed by atoms with Crippen LogP contribution in [0.5, 0.6) is 0 Å². The normalized spacial score (nSPS) is 11.0. The van der Waals surface area contributed by atoms with Gasteiger partial charge in [-0.2, -0.15) is 13.2 Å². The molecule has 0 aliphatic rings. The molecule has 1 heterocycles. The van der Waals surface area contributed by atoms with E-state index in [1.165, 1.54) is 30.6 Å². The first kappa shape index (κ1) is 18.2. The summed E-state index contributed by atoms with van der Waals surface area (Å²) in [4.78, 5) is 12.6. The minimum absolute atomic E-state index is 0.154. The van der Waals surface area contributed by atoms with E-state index in [2.05, 4.69) is 10.6 Å². The molecule has 4 nitrogen and oxygen atoms in total. The number of thiocarbonyl (C=S) groups is 1. The summed E-state index contributed by atoms with van der Waals surface area (Å²) < 4.78 is 42.3. The van der Waals surface area contributed by atoms with Crippen molar-refractivity contribution in [3.8, 4) is 0 Å². The smallest absolute Gasteiger partial charge is 0.416 e. The lowest BCUT2D eigenvalue weighted by Crippen LogP contribution is -2.20. The first-order valence-corrected chi connectivity index (χ1v) is 7.87. The van der Waals surface area contributed by atoms with E-state index in [4.69, 9.17) is 17.0 Å². The van der Waals surface area contributed by atoms with Crippen molar-refractivity contribution in [2.24, 2.45) is 0 Å². The molecular weight excluding hydrogens is 361 g/mol. The molecular formula is C15H13F3N2O2S2. The van der Waals surface area contributed by atoms with Crippen LogP contribution in [0.4, 0.5) is 23.9 Å². The van der Waals surface area contributed by atoms with E-state index in [1.807, 2.05) is 6.92 Å². The molecule has 0 saturated heterocycles. The topological polar surface area (TPSA) is 50.4 Å². The Morgan fingerprint density at radius 1 is 1.21 bits per heavy atom. The molecule has 0 fully saturated rings. The lowest BCUT2D eigenvalue weighted by Gasteiger charge is -2.11. The standard InChI is InChI=1S/C15H13F3N2O2S2/c1-8-7-11(13(21)22-2)12(24-8)20-14(23)19-10-5-3-9(4-6-10)15(16,17)18/h3-7H,1-2H3,(H2,19,20,23). The molecule has 128 valence electrons. The fraction of sp³-hybridized carbons (Fsp3) is 0.200. The predicted molar refractivity (Wildman–Crippen MR) is 91.7 cm³/mol. The molecule has 1 aromatic carbocycles. The van der Waals surface area contributed by atoms with Crippen molar-refractivity contribution in [3.05, 3.63) is 46.3 Å². The molecule has 0 spiro atoms. The molecule has 2 N–H and O–H groups in total. The van der Waals surface area contributed by atoms with Crippen LogP contribution < -0.4 is 10.6 Å². The maximum Gasteiger partial charge on any atom is 0.416 e. The highest BCUT2D eigenvalue weighted by Gasteiger charge is 2.29. The molecule has 2 aromatic rings. The van der Waals surface area contributed by atoms with Crippen LogP contribution in [0.1, 0.15) is 20.8 Å². The van der Waals surface area contributed by atoms with Gasteiger partial charge in [0.2, 0.25) is 0 Å². The van der Waals surface area contributed by atoms with Crippen LogP contribution in [0.15, 0.2) is 30.3 Å². The van der Waals surface area contributed by atoms with Crippen LogP contribution in [0.25, 0.3) is 0 Å². The van der Waals surface area contributed by atoms with Crippen molar-refractivity contribution in [2.45, 2.75) is 13.1 Å². The maximum atomic E-state index is 12.5. The Balaban J connectivity index is 2.08. The van der Waals surface area contributed by atoms with E-state index in [0.29, 0.717) is 16.3 Å². The number of nitrogens with one attached hydrogen (secondary N) is 2. The number of hydrogen-bond acceptors (Lipinski definition) is 4. The van der Waals surface area contributed by atoms with E-state index < -0.39 is 17.7 Å². The van der Waals surface area contributed by atoms with Crippen LogP contribution in [0.2, 0.25) is 0 Å². The molecule has 0 saturated carbocycles. The van der Waals surface area contributed by atoms with E-state index in [1.54, 1.807) is 6.07 Å². The third kappa shape index (κ3) is 4.45. The van der Waals surface area contributed by atoms with E-state index in [0.717, 1.165) is 17.0 Å². The SMILES string of the molecule is COC(=O)c1cc(C)sc1NC(=S)Nc1ccc(C(F)(F)F)cc1. The summed E-state index contributed by atoms with van der Waals surface area (Å²) in [7, 11) is 1.28. The number of carbonyl (C=O) groups excluding carboxylic acids is 1. The van der Waals surface area contributed by atoms with Gasteiger partial charge < -0.3 is 15.4 Å². The monoisotopic (exact) mass is 374 g/mol. The number of methoxy groups -OCH3 is 1. The molecule has 0 aliphatic heterocycles. The number of anilines is 2. The lowest BCUT2D eigenvalue weighted by molar-refractivity contribution is -0.137. The van der Waals surface area contributed by atoms with Crippen LogP contribution in [-0.2, 0) is 10.9 Å². The van der Waals surface area contributed by atoms with Crippen LogP contribution in [-0.4, -0.2) is 18.2 Å². The van der Waals surface area contributed by atoms with Crippen LogP contribution >= 0.6 is 23.6 Å². The fourth-order valence-electron chi connectivity index (χ4n) is 1.88. The van der Waals surface area contributed by atoms with Crippen LogP contribution in [0, 0.1) is 6.92 Å². The number of esters is 1. The number of halogens is 3. The van der Waals surface area contributed by atoms with E-state index in [-0.39, 0.29) is 5.11 Å². The fourth-order valence-corrected chi connectivity index (χ4v) is 3.07. The zero-order valence-corrected chi connectivity index (χ0v) is 14.3. The molecule has 9 heteroatoms. The number of ether oxygens (including phenoxy) is 1. The van der Waals surface area contributed by atoms with Gasteiger partial charge in [-0.05, 0) is 49.5 Å². The largest absolute Gasteiger partial charge is 0.465 e. The highest BCUT2D eigenvalue weighted by molar-refractivity contribution is 7.80. The summed E-state index contributed by atoms with van der Waals surface area (Å²) in [5, 5.41) is 6.28. The molecule has 0 bridgehead atoms. The highest BCUT2D eigenvalue weighted by Crippen LogP contribution is 2.30. The first-order valence-electron chi connectivity index (χ1n) is 6.64. The van der Waals surface area contributed by atoms with Crippen molar-refractivity contribution in [1.82, 2.24) is 0 Å². The Kier molecular flexibility index (Phi) is 5.45. The van der Waals surface area contributed by atoms with Crippen molar-refractivity contribution < 1.29 is 22.7 Å². The van der Waals surface area contributed by atoms with Crippen molar-refractivity contribution in [2.75, 3.05) is 17.7 Å². The minimum atomic E-state index is -4.39. The second kappa shape index (κ2) is 7.18. The Bertz CT molecular complexity index is 755. The summed E-state index contributed by atoms with van der Waals surface area (Å²) in [5.74, 6) is -0.501. The summed E-state index contributed by atoms with van der Waals surface area (Å²) in [6.45, 7) is 1.83. The molecule has 0 atom stereocenters. The quantitative estimate of drug-likeness (QED) is 0.604. The number of hydrogen-bond donors (Lipinski definition) is 2. The lowest BCUT2D eigenvalue weighted by atomic mass is 10.2. The molecule has 2 rings (SSSR count). The first-order chi connectivity index (χ1) is 11.2. The molecule has 0 radical (unpaired) electrons. The summed E-state index contributed by atoms with van der Waals surface area (Å²) in [6, 6.07) is 6.13. The van der Waals surface area contributed by atoms with E-state index >= 15 is 0 Å². The summed E-state index contributed by atoms with van der Waals surface area (Å²) in [5.41, 5.74) is -0.00116. The zero-order valence-electron chi connectivity index (χ0n) is 12.7. The molecule has 0 unspecified atom stereocenters. The van der Waals surface area contributed by atoms with Gasteiger partial charge in [-0.15, -0.1) is 11.3 Å². The average molecular weight is 374 g/mol. The number of thiophene rings is 1. The Morgan fingerprint density at radius 2 is 1.83 bits per heavy atom. The molecule has 1 aromatic heterocycles. The van der Waals surface area contributed by atoms with Gasteiger partial charge in [-0.3, -0.25) is 0 Å². The minimum Gasteiger partial charge on any atom is -0.465 e. The van der Waals surface area contributed by atoms with Crippen molar-refractivity contribution in [1.29, 1.82) is 0 Å². The highest BCUT2D eigenvalue weighted by atomic mass is 32.1. The zero-order chi connectivity index (χ0) is 17.9. The molecule has 24 heavy (non-hydrogen) atoms. The second-order valence-electron chi connectivity index (χ2n) is 4.75. The number of rotatable bonds is 3. The Labute approximate surface area is 145 Å². The van der Waals surface area contributed by atoms with E-state index in [9.17, 15) is 18.0 Å². The number of alkyl halides is 3. The maximum absolute atomic E-state index is 12.5. The second-order valence-corrected chi connectivity index (χ2v) is 6.41. The van der Waals surface area contributed by atoms with Gasteiger partial charge in [0, 0.05) is 10.6 Å². The Morgan fingerprint density at radius 3 is 2.38 bits per heavy atom. The van der Waals surface area contributed by atoms with Gasteiger partial charge in [0.05, 0.1) is 18.2 Å². The van der Waals surface area contributed by atoms with Crippen molar-refractivity contribution >= 4 is 45.3 Å². The van der Waals surface area contributed by atoms with Gasteiger partial charge in [0.15, 0.2) is 5.11 Å². The van der Waals surface area contributed by atoms with Gasteiger partial charge in [0.1, 0.15) is 5.00 Å². The Hall–Kier alpha value is -2.13. The van der Waals surface area contributed by atoms with Gasteiger partial charge in [0.25, 0.3) is 0 Å². The van der Waals surface area contributed by atoms with Gasteiger partial charge in [-0.25, -0.2) is 4.79 Å². The third-order valence-electron chi connectivity index (χ3n) is 2.96. The van der Waals surface area contributed by atoms with Gasteiger partial charge in [-0.1, -0.05) is 0 Å². The van der Waals surface area contributed by atoms with Gasteiger partial charge >= 0.3 is 12.1 Å². The number of benzene rings is 1. The average Bonchev–Trinajstić information content (AvgIpc) is 2.86. The number of aryl methyl sites for hydroxylation is 1. The molecule has 0 amide bonds. The molecule has 0 aliphatic carbocycles. The summed E-state index contributed by atoms with van der Waals surface area (Å²) in [6.07, 6.45) is -4.39. The van der Waals surface area contributed by atoms with Crippen molar-refractivity contribution in [3.63, 3.8) is 0 Å². The van der Waals surface area contributed by atoms with Crippen LogP contribution in [0.3, 0.4) is 0 Å². The predicted octanol–water partition coefficient (Wildman–Crippen LogP) is 4.67. The summed E-state index contributed by atoms with van der Waals surface area (Å²) >= 11 is 6.44.